The zero-order valence-corrected chi connectivity index (χ0v) is 25.0. The SMILES string of the molecule is c1ccc(-c2ccccc2[Si](c2ccccc2)(c2ccccc2-c2ccccc2)c2ccccc2-c2ccccc2)cc1. The van der Waals surface area contributed by atoms with Crippen LogP contribution in [0.4, 0.5) is 0 Å². The van der Waals surface area contributed by atoms with Gasteiger partial charge in [-0.3, -0.25) is 0 Å². The maximum absolute atomic E-state index is 2.98. The van der Waals surface area contributed by atoms with Crippen LogP contribution in [0.25, 0.3) is 33.4 Å². The van der Waals surface area contributed by atoms with Crippen LogP contribution in [0.5, 0.6) is 0 Å². The summed E-state index contributed by atoms with van der Waals surface area (Å²) in [4.78, 5) is 0. The fourth-order valence-electron chi connectivity index (χ4n) is 6.63. The van der Waals surface area contributed by atoms with Gasteiger partial charge in [-0.15, -0.1) is 0 Å². The second kappa shape index (κ2) is 11.9. The Hall–Kier alpha value is -5.24. The Kier molecular flexibility index (Phi) is 7.39. The lowest BCUT2D eigenvalue weighted by Gasteiger charge is -2.38. The van der Waals surface area contributed by atoms with Gasteiger partial charge in [0.1, 0.15) is 0 Å². The van der Waals surface area contributed by atoms with Crippen molar-refractivity contribution in [3.63, 3.8) is 0 Å². The maximum Gasteiger partial charge on any atom is 0.181 e. The minimum Gasteiger partial charge on any atom is -0.0623 e. The van der Waals surface area contributed by atoms with Crippen molar-refractivity contribution >= 4 is 28.8 Å². The summed E-state index contributed by atoms with van der Waals surface area (Å²) in [6.45, 7) is 0. The lowest BCUT2D eigenvalue weighted by molar-refractivity contribution is 1.60. The van der Waals surface area contributed by atoms with Crippen LogP contribution in [0.2, 0.25) is 0 Å². The molecule has 43 heavy (non-hydrogen) atoms. The van der Waals surface area contributed by atoms with E-state index in [4.69, 9.17) is 0 Å². The van der Waals surface area contributed by atoms with Crippen molar-refractivity contribution in [1.82, 2.24) is 0 Å². The molecule has 7 rings (SSSR count). The largest absolute Gasteiger partial charge is 0.181 e. The molecule has 204 valence electrons. The normalized spacial score (nSPS) is 11.3. The summed E-state index contributed by atoms with van der Waals surface area (Å²) < 4.78 is 0. The van der Waals surface area contributed by atoms with Crippen LogP contribution in [0, 0.1) is 0 Å². The Morgan fingerprint density at radius 2 is 0.488 bits per heavy atom. The summed E-state index contributed by atoms with van der Waals surface area (Å²) in [5.41, 5.74) is 7.55. The van der Waals surface area contributed by atoms with E-state index >= 15 is 0 Å². The highest BCUT2D eigenvalue weighted by atomic mass is 28.3. The van der Waals surface area contributed by atoms with Gasteiger partial charge in [-0.25, -0.2) is 0 Å². The van der Waals surface area contributed by atoms with Crippen molar-refractivity contribution < 1.29 is 0 Å². The molecule has 0 radical (unpaired) electrons. The Morgan fingerprint density at radius 1 is 0.233 bits per heavy atom. The fraction of sp³-hybridized carbons (Fsp3) is 0. The van der Waals surface area contributed by atoms with Gasteiger partial charge in [0.25, 0.3) is 0 Å². The second-order valence-corrected chi connectivity index (χ2v) is 14.5. The Bertz CT molecular complexity index is 1750. The van der Waals surface area contributed by atoms with E-state index in [2.05, 4.69) is 194 Å². The third kappa shape index (κ3) is 4.84. The van der Waals surface area contributed by atoms with Gasteiger partial charge in [0.15, 0.2) is 8.07 Å². The van der Waals surface area contributed by atoms with Crippen molar-refractivity contribution in [2.75, 3.05) is 0 Å². The summed E-state index contributed by atoms with van der Waals surface area (Å²) in [5.74, 6) is 0. The third-order valence-electron chi connectivity index (χ3n) is 8.45. The monoisotopic (exact) mass is 564 g/mol. The average Bonchev–Trinajstić information content (AvgIpc) is 3.11. The van der Waals surface area contributed by atoms with Gasteiger partial charge in [-0.05, 0) is 54.1 Å². The first-order valence-corrected chi connectivity index (χ1v) is 16.9. The maximum atomic E-state index is 2.39. The molecule has 0 spiro atoms. The first-order chi connectivity index (χ1) is 21.4. The van der Waals surface area contributed by atoms with Crippen molar-refractivity contribution in [3.8, 4) is 33.4 Å². The van der Waals surface area contributed by atoms with Crippen molar-refractivity contribution in [2.45, 2.75) is 0 Å². The van der Waals surface area contributed by atoms with E-state index in [1.165, 1.54) is 54.1 Å². The zero-order chi connectivity index (χ0) is 28.9. The van der Waals surface area contributed by atoms with Crippen LogP contribution in [-0.2, 0) is 0 Å². The van der Waals surface area contributed by atoms with Gasteiger partial charge in [0, 0.05) is 0 Å². The predicted octanol–water partition coefficient (Wildman–Crippen LogP) is 8.07. The Labute approximate surface area is 255 Å². The van der Waals surface area contributed by atoms with E-state index in [0.29, 0.717) is 0 Å². The van der Waals surface area contributed by atoms with Crippen molar-refractivity contribution in [2.24, 2.45) is 0 Å². The van der Waals surface area contributed by atoms with Crippen molar-refractivity contribution in [3.05, 3.63) is 194 Å². The van der Waals surface area contributed by atoms with Crippen LogP contribution in [-0.4, -0.2) is 8.07 Å². The predicted molar refractivity (Wildman–Crippen MR) is 186 cm³/mol. The molecule has 1 heteroatoms. The molecule has 0 aliphatic heterocycles. The van der Waals surface area contributed by atoms with E-state index in [9.17, 15) is 0 Å². The lowest BCUT2D eigenvalue weighted by atomic mass is 10.1. The first-order valence-electron chi connectivity index (χ1n) is 14.9. The fourth-order valence-corrected chi connectivity index (χ4v) is 12.1. The molecule has 0 bridgehead atoms. The van der Waals surface area contributed by atoms with Gasteiger partial charge >= 0.3 is 0 Å². The second-order valence-electron chi connectivity index (χ2n) is 10.9. The molecule has 0 heterocycles. The molecule has 7 aromatic carbocycles. The van der Waals surface area contributed by atoms with E-state index in [0.717, 1.165) is 0 Å². The first kappa shape index (κ1) is 26.6. The summed E-state index contributed by atoms with van der Waals surface area (Å²) >= 11 is 0. The van der Waals surface area contributed by atoms with Crippen LogP contribution in [0.3, 0.4) is 0 Å². The molecule has 0 atom stereocenters. The number of hydrogen-bond donors (Lipinski definition) is 0. The number of rotatable bonds is 7. The molecule has 0 aliphatic carbocycles. The van der Waals surface area contributed by atoms with Crippen molar-refractivity contribution in [1.29, 1.82) is 0 Å². The molecule has 0 N–H and O–H groups in total. The highest BCUT2D eigenvalue weighted by Crippen LogP contribution is 2.28. The molecular formula is C42H32Si. The molecule has 0 nitrogen and oxygen atoms in total. The molecule has 0 saturated carbocycles. The van der Waals surface area contributed by atoms with E-state index < -0.39 is 8.07 Å². The summed E-state index contributed by atoms with van der Waals surface area (Å²) in [6.07, 6.45) is 0. The summed E-state index contributed by atoms with van der Waals surface area (Å²) in [6, 6.07) is 71.3. The minimum atomic E-state index is -2.98. The number of hydrogen-bond acceptors (Lipinski definition) is 0. The van der Waals surface area contributed by atoms with Gasteiger partial charge in [-0.2, -0.15) is 0 Å². The zero-order valence-electron chi connectivity index (χ0n) is 24.0. The molecule has 0 aromatic heterocycles. The van der Waals surface area contributed by atoms with Gasteiger partial charge in [0.05, 0.1) is 0 Å². The molecule has 7 aromatic rings. The highest BCUT2D eigenvalue weighted by Gasteiger charge is 2.45. The van der Waals surface area contributed by atoms with Crippen LogP contribution >= 0.6 is 0 Å². The number of benzene rings is 7. The van der Waals surface area contributed by atoms with E-state index in [1.807, 2.05) is 0 Å². The molecular weight excluding hydrogens is 533 g/mol. The average molecular weight is 565 g/mol. The minimum absolute atomic E-state index is 1.24. The smallest absolute Gasteiger partial charge is 0.0623 e. The standard InChI is InChI=1S/C42H32Si/c1-5-19-33(20-6-1)37-27-13-16-30-40(37)43(36-25-11-4-12-26-36,41-31-17-14-28-38(41)34-21-7-2-8-22-34)42-32-18-15-29-39(42)35-23-9-3-10-24-35/h1-32H. The molecule has 0 amide bonds. The van der Waals surface area contributed by atoms with Crippen LogP contribution < -0.4 is 20.7 Å². The Balaban J connectivity index is 1.70. The van der Waals surface area contributed by atoms with Crippen LogP contribution in [0.1, 0.15) is 0 Å². The third-order valence-corrected chi connectivity index (χ3v) is 13.4. The van der Waals surface area contributed by atoms with Crippen LogP contribution in [0.15, 0.2) is 194 Å². The summed E-state index contributed by atoms with van der Waals surface area (Å²) in [7, 11) is -2.98. The lowest BCUT2D eigenvalue weighted by Crippen LogP contribution is -2.75. The van der Waals surface area contributed by atoms with Gasteiger partial charge in [-0.1, -0.05) is 194 Å². The molecule has 0 saturated heterocycles. The molecule has 0 fully saturated rings. The van der Waals surface area contributed by atoms with E-state index in [1.54, 1.807) is 0 Å². The quantitative estimate of drug-likeness (QED) is 0.136. The summed E-state index contributed by atoms with van der Waals surface area (Å²) in [5, 5.41) is 5.53. The van der Waals surface area contributed by atoms with Gasteiger partial charge in [0.2, 0.25) is 0 Å². The highest BCUT2D eigenvalue weighted by molar-refractivity contribution is 7.21. The molecule has 0 unspecified atom stereocenters. The Morgan fingerprint density at radius 3 is 0.814 bits per heavy atom. The van der Waals surface area contributed by atoms with E-state index in [-0.39, 0.29) is 0 Å². The molecule has 0 aliphatic rings. The topological polar surface area (TPSA) is 0 Å². The van der Waals surface area contributed by atoms with Gasteiger partial charge < -0.3 is 0 Å².